The summed E-state index contributed by atoms with van der Waals surface area (Å²) < 4.78 is 0. The maximum absolute atomic E-state index is 12.6. The predicted octanol–water partition coefficient (Wildman–Crippen LogP) is 2.05. The quantitative estimate of drug-likeness (QED) is 0.567. The van der Waals surface area contributed by atoms with Gasteiger partial charge in [0.05, 0.1) is 5.41 Å². The van der Waals surface area contributed by atoms with E-state index >= 15 is 0 Å². The largest absolute Gasteiger partial charge is 0.345 e. The van der Waals surface area contributed by atoms with E-state index in [1.165, 1.54) is 0 Å². The first kappa shape index (κ1) is 14.2. The first-order valence-corrected chi connectivity index (χ1v) is 6.62. The van der Waals surface area contributed by atoms with Crippen LogP contribution in [0.2, 0.25) is 0 Å². The second-order valence-corrected chi connectivity index (χ2v) is 5.40. The summed E-state index contributed by atoms with van der Waals surface area (Å²) in [5.41, 5.74) is -0.178. The van der Waals surface area contributed by atoms with Crippen molar-refractivity contribution < 1.29 is 4.79 Å². The Morgan fingerprint density at radius 1 is 1.59 bits per heavy atom. The number of allylic oxidation sites excluding steroid dienone is 1. The maximum atomic E-state index is 12.6. The third-order valence-corrected chi connectivity index (χ3v) is 3.97. The van der Waals surface area contributed by atoms with Crippen molar-refractivity contribution in [1.82, 2.24) is 10.2 Å². The van der Waals surface area contributed by atoms with Crippen molar-refractivity contribution in [3.63, 3.8) is 0 Å². The standard InChI is InChI=1S/C14H26N2O/c1-5-6-7-10-16(4)13(17)14(12(2)3)8-9-15-11-14/h5,12,15H,1,6-11H2,2-4H3. The second kappa shape index (κ2) is 6.20. The van der Waals surface area contributed by atoms with E-state index in [0.29, 0.717) is 11.8 Å². The van der Waals surface area contributed by atoms with Crippen molar-refractivity contribution in [2.24, 2.45) is 11.3 Å². The molecule has 0 aromatic heterocycles. The Kier molecular flexibility index (Phi) is 5.19. The lowest BCUT2D eigenvalue weighted by Crippen LogP contribution is -2.47. The smallest absolute Gasteiger partial charge is 0.230 e. The number of nitrogens with one attached hydrogen (secondary N) is 1. The number of rotatable bonds is 6. The monoisotopic (exact) mass is 238 g/mol. The van der Waals surface area contributed by atoms with Crippen LogP contribution >= 0.6 is 0 Å². The minimum atomic E-state index is -0.178. The summed E-state index contributed by atoms with van der Waals surface area (Å²) in [5.74, 6) is 0.702. The predicted molar refractivity (Wildman–Crippen MR) is 71.8 cm³/mol. The summed E-state index contributed by atoms with van der Waals surface area (Å²) in [7, 11) is 1.92. The Balaban J connectivity index is 2.62. The molecule has 1 rings (SSSR count). The molecule has 1 unspecified atom stereocenters. The highest BCUT2D eigenvalue weighted by Gasteiger charge is 2.45. The third kappa shape index (κ3) is 3.09. The van der Waals surface area contributed by atoms with Crippen LogP contribution in [0.1, 0.15) is 33.1 Å². The molecule has 1 amide bonds. The Morgan fingerprint density at radius 2 is 2.29 bits per heavy atom. The van der Waals surface area contributed by atoms with Gasteiger partial charge >= 0.3 is 0 Å². The van der Waals surface area contributed by atoms with Crippen LogP contribution in [0.3, 0.4) is 0 Å². The summed E-state index contributed by atoms with van der Waals surface area (Å²) in [5, 5.41) is 3.33. The van der Waals surface area contributed by atoms with Gasteiger partial charge in [-0.25, -0.2) is 0 Å². The summed E-state index contributed by atoms with van der Waals surface area (Å²) in [6.45, 7) is 10.6. The molecule has 0 spiro atoms. The molecule has 1 fully saturated rings. The lowest BCUT2D eigenvalue weighted by Gasteiger charge is -2.35. The highest BCUT2D eigenvalue weighted by atomic mass is 16.2. The van der Waals surface area contributed by atoms with Crippen molar-refractivity contribution >= 4 is 5.91 Å². The summed E-state index contributed by atoms with van der Waals surface area (Å²) in [4.78, 5) is 14.5. The normalized spacial score (nSPS) is 24.0. The van der Waals surface area contributed by atoms with E-state index in [4.69, 9.17) is 0 Å². The molecule has 0 aromatic rings. The van der Waals surface area contributed by atoms with E-state index in [1.807, 2.05) is 18.0 Å². The van der Waals surface area contributed by atoms with Crippen LogP contribution < -0.4 is 5.32 Å². The second-order valence-electron chi connectivity index (χ2n) is 5.40. The van der Waals surface area contributed by atoms with Gasteiger partial charge in [-0.15, -0.1) is 6.58 Å². The first-order valence-electron chi connectivity index (χ1n) is 6.62. The van der Waals surface area contributed by atoms with E-state index in [-0.39, 0.29) is 5.41 Å². The molecule has 3 heteroatoms. The van der Waals surface area contributed by atoms with Crippen LogP contribution in [0.5, 0.6) is 0 Å². The van der Waals surface area contributed by atoms with E-state index in [2.05, 4.69) is 25.7 Å². The highest BCUT2D eigenvalue weighted by Crippen LogP contribution is 2.35. The fourth-order valence-corrected chi connectivity index (χ4v) is 2.59. The number of nitrogens with zero attached hydrogens (tertiary/aromatic N) is 1. The number of hydrogen-bond donors (Lipinski definition) is 1. The average Bonchev–Trinajstić information content (AvgIpc) is 2.78. The Bertz CT molecular complexity index is 267. The van der Waals surface area contributed by atoms with Crippen molar-refractivity contribution in [1.29, 1.82) is 0 Å². The molecule has 0 bridgehead atoms. The van der Waals surface area contributed by atoms with Gasteiger partial charge in [0.25, 0.3) is 0 Å². The van der Waals surface area contributed by atoms with Gasteiger partial charge < -0.3 is 10.2 Å². The lowest BCUT2D eigenvalue weighted by atomic mass is 9.75. The van der Waals surface area contributed by atoms with Crippen molar-refractivity contribution in [2.75, 3.05) is 26.7 Å². The van der Waals surface area contributed by atoms with E-state index in [0.717, 1.165) is 38.9 Å². The highest BCUT2D eigenvalue weighted by molar-refractivity contribution is 5.83. The van der Waals surface area contributed by atoms with Crippen LogP contribution in [-0.2, 0) is 4.79 Å². The summed E-state index contributed by atoms with van der Waals surface area (Å²) in [6, 6.07) is 0. The zero-order chi connectivity index (χ0) is 12.9. The minimum absolute atomic E-state index is 0.178. The van der Waals surface area contributed by atoms with Crippen LogP contribution in [0.15, 0.2) is 12.7 Å². The topological polar surface area (TPSA) is 32.3 Å². The molecule has 0 aromatic carbocycles. The molecule has 0 saturated carbocycles. The Morgan fingerprint density at radius 3 is 2.76 bits per heavy atom. The molecule has 1 N–H and O–H groups in total. The van der Waals surface area contributed by atoms with Crippen LogP contribution in [0.25, 0.3) is 0 Å². The molecule has 1 heterocycles. The Labute approximate surface area is 105 Å². The number of unbranched alkanes of at least 4 members (excludes halogenated alkanes) is 1. The van der Waals surface area contributed by atoms with E-state index < -0.39 is 0 Å². The van der Waals surface area contributed by atoms with Gasteiger partial charge in [0.15, 0.2) is 0 Å². The number of amides is 1. The zero-order valence-corrected chi connectivity index (χ0v) is 11.5. The van der Waals surface area contributed by atoms with Crippen molar-refractivity contribution in [3.8, 4) is 0 Å². The van der Waals surface area contributed by atoms with Crippen LogP contribution in [-0.4, -0.2) is 37.5 Å². The number of carbonyl (C=O) groups excluding carboxylic acids is 1. The van der Waals surface area contributed by atoms with Gasteiger partial charge in [-0.1, -0.05) is 19.9 Å². The fraction of sp³-hybridized carbons (Fsp3) is 0.786. The number of hydrogen-bond acceptors (Lipinski definition) is 2. The molecule has 1 aliphatic rings. The molecular formula is C14H26N2O. The van der Waals surface area contributed by atoms with Gasteiger partial charge in [-0.2, -0.15) is 0 Å². The fourth-order valence-electron chi connectivity index (χ4n) is 2.59. The number of carbonyl (C=O) groups is 1. The molecule has 98 valence electrons. The van der Waals surface area contributed by atoms with Crippen LogP contribution in [0.4, 0.5) is 0 Å². The van der Waals surface area contributed by atoms with Gasteiger partial charge in [0.2, 0.25) is 5.91 Å². The van der Waals surface area contributed by atoms with Gasteiger partial charge in [-0.3, -0.25) is 4.79 Å². The van der Waals surface area contributed by atoms with Crippen molar-refractivity contribution in [3.05, 3.63) is 12.7 Å². The third-order valence-electron chi connectivity index (χ3n) is 3.97. The molecular weight excluding hydrogens is 212 g/mol. The molecule has 0 radical (unpaired) electrons. The molecule has 0 aliphatic carbocycles. The van der Waals surface area contributed by atoms with Gasteiger partial charge in [0, 0.05) is 20.1 Å². The summed E-state index contributed by atoms with van der Waals surface area (Å²) >= 11 is 0. The van der Waals surface area contributed by atoms with Crippen LogP contribution in [0, 0.1) is 11.3 Å². The molecule has 17 heavy (non-hydrogen) atoms. The SMILES string of the molecule is C=CCCCN(C)C(=O)C1(C(C)C)CCNC1. The Hall–Kier alpha value is -0.830. The van der Waals surface area contributed by atoms with Gasteiger partial charge in [-0.05, 0) is 31.7 Å². The molecule has 1 atom stereocenters. The summed E-state index contributed by atoms with van der Waals surface area (Å²) in [6.07, 6.45) is 4.86. The maximum Gasteiger partial charge on any atom is 0.230 e. The molecule has 1 saturated heterocycles. The first-order chi connectivity index (χ1) is 8.04. The zero-order valence-electron chi connectivity index (χ0n) is 11.5. The van der Waals surface area contributed by atoms with Crippen molar-refractivity contribution in [2.45, 2.75) is 33.1 Å². The van der Waals surface area contributed by atoms with Gasteiger partial charge in [0.1, 0.15) is 0 Å². The lowest BCUT2D eigenvalue weighted by molar-refractivity contribution is -0.142. The minimum Gasteiger partial charge on any atom is -0.345 e. The molecule has 1 aliphatic heterocycles. The average molecular weight is 238 g/mol. The molecule has 3 nitrogen and oxygen atoms in total. The van der Waals surface area contributed by atoms with E-state index in [1.54, 1.807) is 0 Å². The van der Waals surface area contributed by atoms with E-state index in [9.17, 15) is 4.79 Å².